The van der Waals surface area contributed by atoms with Crippen LogP contribution in [0.2, 0.25) is 0 Å². The maximum Gasteiger partial charge on any atom is 0.160 e. The van der Waals surface area contributed by atoms with Gasteiger partial charge >= 0.3 is 0 Å². The summed E-state index contributed by atoms with van der Waals surface area (Å²) in [5, 5.41) is 0. The van der Waals surface area contributed by atoms with Crippen LogP contribution in [0.3, 0.4) is 0 Å². The fourth-order valence-electron chi connectivity index (χ4n) is 3.61. The molecule has 0 aliphatic heterocycles. The molecule has 2 aromatic rings. The molecule has 3 nitrogen and oxygen atoms in total. The van der Waals surface area contributed by atoms with Crippen molar-refractivity contribution in [2.45, 2.75) is 52.0 Å². The van der Waals surface area contributed by atoms with Gasteiger partial charge in [-0.1, -0.05) is 13.8 Å². The van der Waals surface area contributed by atoms with Crippen LogP contribution in [-0.2, 0) is 5.88 Å². The third kappa shape index (κ3) is 2.32. The van der Waals surface area contributed by atoms with E-state index >= 15 is 0 Å². The van der Waals surface area contributed by atoms with E-state index in [9.17, 15) is 0 Å². The maximum atomic E-state index is 6.13. The molecule has 0 saturated heterocycles. The Morgan fingerprint density at radius 3 is 2.85 bits per heavy atom. The van der Waals surface area contributed by atoms with Gasteiger partial charge in [-0.3, -0.25) is 0 Å². The first kappa shape index (κ1) is 13.9. The van der Waals surface area contributed by atoms with E-state index in [-0.39, 0.29) is 0 Å². The molecule has 2 aromatic heterocycles. The molecule has 1 aliphatic rings. The van der Waals surface area contributed by atoms with Crippen molar-refractivity contribution in [2.75, 3.05) is 0 Å². The number of fused-ring (bicyclic) bond motifs is 1. The third-order valence-electron chi connectivity index (χ3n) is 4.58. The normalized spacial score (nSPS) is 27.1. The monoisotopic (exact) mass is 291 g/mol. The van der Waals surface area contributed by atoms with Gasteiger partial charge in [0, 0.05) is 12.2 Å². The molecule has 2 heterocycles. The van der Waals surface area contributed by atoms with Crippen molar-refractivity contribution in [3.63, 3.8) is 0 Å². The van der Waals surface area contributed by atoms with E-state index in [1.807, 2.05) is 6.20 Å². The van der Waals surface area contributed by atoms with E-state index in [1.165, 1.54) is 19.3 Å². The van der Waals surface area contributed by atoms with Gasteiger partial charge in [-0.25, -0.2) is 9.97 Å². The first-order valence-electron chi connectivity index (χ1n) is 7.49. The van der Waals surface area contributed by atoms with E-state index in [1.54, 1.807) is 0 Å². The molecule has 108 valence electrons. The fraction of sp³-hybridized carbons (Fsp3) is 0.625. The highest BCUT2D eigenvalue weighted by Crippen LogP contribution is 2.39. The molecule has 1 saturated carbocycles. The van der Waals surface area contributed by atoms with Crippen molar-refractivity contribution >= 4 is 22.8 Å². The molecule has 1 fully saturated rings. The molecule has 4 heteroatoms. The molecule has 3 rings (SSSR count). The number of aryl methyl sites for hydroxylation is 1. The third-order valence-corrected chi connectivity index (χ3v) is 4.82. The Morgan fingerprint density at radius 2 is 2.15 bits per heavy atom. The van der Waals surface area contributed by atoms with Gasteiger partial charge < -0.3 is 4.57 Å². The van der Waals surface area contributed by atoms with Crippen LogP contribution in [0.5, 0.6) is 0 Å². The molecule has 0 N–H and O–H groups in total. The van der Waals surface area contributed by atoms with Crippen molar-refractivity contribution < 1.29 is 0 Å². The van der Waals surface area contributed by atoms with E-state index in [0.29, 0.717) is 17.8 Å². The largest absolute Gasteiger partial charge is 0.308 e. The number of nitrogens with zero attached hydrogens (tertiary/aromatic N) is 3. The Hall–Kier alpha value is -1.09. The Kier molecular flexibility index (Phi) is 3.72. The standard InChI is InChI=1S/C16H22ClN3/c1-10-4-5-14(12(3)6-10)20-15(8-17)19-13-7-11(2)9-18-16(13)20/h7,9-10,12,14H,4-6,8H2,1-3H3. The summed E-state index contributed by atoms with van der Waals surface area (Å²) < 4.78 is 2.30. The molecule has 0 aromatic carbocycles. The molecular weight excluding hydrogens is 270 g/mol. The number of aromatic nitrogens is 3. The lowest BCUT2D eigenvalue weighted by atomic mass is 9.79. The SMILES string of the molecule is Cc1cnc2c(c1)nc(CCl)n2C1CCC(C)CC1C. The summed E-state index contributed by atoms with van der Waals surface area (Å²) in [6, 6.07) is 2.59. The van der Waals surface area contributed by atoms with Gasteiger partial charge in [-0.15, -0.1) is 11.6 Å². The lowest BCUT2D eigenvalue weighted by Gasteiger charge is -2.34. The predicted octanol–water partition coefficient (Wildman–Crippen LogP) is 4.48. The van der Waals surface area contributed by atoms with Crippen LogP contribution in [0.1, 0.15) is 50.5 Å². The van der Waals surface area contributed by atoms with E-state index in [2.05, 4.69) is 41.4 Å². The quantitative estimate of drug-likeness (QED) is 0.764. The van der Waals surface area contributed by atoms with E-state index in [0.717, 1.165) is 28.5 Å². The van der Waals surface area contributed by atoms with Crippen molar-refractivity contribution in [1.29, 1.82) is 0 Å². The second-order valence-corrected chi connectivity index (χ2v) is 6.62. The first-order chi connectivity index (χ1) is 9.60. The average molecular weight is 292 g/mol. The van der Waals surface area contributed by atoms with Crippen molar-refractivity contribution in [2.24, 2.45) is 11.8 Å². The molecule has 3 unspecified atom stereocenters. The van der Waals surface area contributed by atoms with Crippen LogP contribution in [-0.4, -0.2) is 14.5 Å². The van der Waals surface area contributed by atoms with E-state index < -0.39 is 0 Å². The van der Waals surface area contributed by atoms with E-state index in [4.69, 9.17) is 11.6 Å². The van der Waals surface area contributed by atoms with Crippen LogP contribution >= 0.6 is 11.6 Å². The first-order valence-corrected chi connectivity index (χ1v) is 8.03. The number of hydrogen-bond acceptors (Lipinski definition) is 2. The fourth-order valence-corrected chi connectivity index (χ4v) is 3.79. The highest BCUT2D eigenvalue weighted by Gasteiger charge is 2.29. The van der Waals surface area contributed by atoms with Crippen LogP contribution in [0.15, 0.2) is 12.3 Å². The van der Waals surface area contributed by atoms with Gasteiger partial charge in [0.1, 0.15) is 11.3 Å². The predicted molar refractivity (Wildman–Crippen MR) is 83.0 cm³/mol. The Bertz CT molecular complexity index is 619. The minimum Gasteiger partial charge on any atom is -0.308 e. The van der Waals surface area contributed by atoms with Gasteiger partial charge in [-0.2, -0.15) is 0 Å². The zero-order valence-corrected chi connectivity index (χ0v) is 13.2. The van der Waals surface area contributed by atoms with Gasteiger partial charge in [-0.05, 0) is 49.7 Å². The molecule has 3 atom stereocenters. The minimum absolute atomic E-state index is 0.453. The highest BCUT2D eigenvalue weighted by molar-refractivity contribution is 6.16. The van der Waals surface area contributed by atoms with Crippen LogP contribution in [0.4, 0.5) is 0 Å². The molecule has 0 bridgehead atoms. The van der Waals surface area contributed by atoms with Crippen LogP contribution < -0.4 is 0 Å². The minimum atomic E-state index is 0.453. The average Bonchev–Trinajstić information content (AvgIpc) is 2.76. The van der Waals surface area contributed by atoms with Gasteiger partial charge in [0.25, 0.3) is 0 Å². The Labute approximate surface area is 125 Å². The zero-order chi connectivity index (χ0) is 14.3. The summed E-state index contributed by atoms with van der Waals surface area (Å²) in [7, 11) is 0. The number of imidazole rings is 1. The Balaban J connectivity index is 2.09. The molecule has 0 spiro atoms. The maximum absolute atomic E-state index is 6.13. The van der Waals surface area contributed by atoms with Gasteiger partial charge in [0.15, 0.2) is 5.65 Å². The second kappa shape index (κ2) is 5.36. The lowest BCUT2D eigenvalue weighted by molar-refractivity contribution is 0.208. The molecule has 1 aliphatic carbocycles. The number of hydrogen-bond donors (Lipinski definition) is 0. The molecule has 20 heavy (non-hydrogen) atoms. The van der Waals surface area contributed by atoms with Gasteiger partial charge in [0.05, 0.1) is 5.88 Å². The summed E-state index contributed by atoms with van der Waals surface area (Å²) in [6.07, 6.45) is 5.68. The van der Waals surface area contributed by atoms with Gasteiger partial charge in [0.2, 0.25) is 0 Å². The van der Waals surface area contributed by atoms with Crippen molar-refractivity contribution in [1.82, 2.24) is 14.5 Å². The molecular formula is C16H22ClN3. The highest BCUT2D eigenvalue weighted by atomic mass is 35.5. The zero-order valence-electron chi connectivity index (χ0n) is 12.4. The van der Waals surface area contributed by atoms with Crippen LogP contribution in [0, 0.1) is 18.8 Å². The van der Waals surface area contributed by atoms with Crippen molar-refractivity contribution in [3.05, 3.63) is 23.7 Å². The number of halogens is 1. The summed E-state index contributed by atoms with van der Waals surface area (Å²) in [5.41, 5.74) is 3.12. The second-order valence-electron chi connectivity index (χ2n) is 6.35. The number of rotatable bonds is 2. The number of pyridine rings is 1. The summed E-state index contributed by atoms with van der Waals surface area (Å²) in [5.74, 6) is 2.90. The van der Waals surface area contributed by atoms with Crippen molar-refractivity contribution in [3.8, 4) is 0 Å². The molecule has 0 amide bonds. The smallest absolute Gasteiger partial charge is 0.160 e. The molecule has 0 radical (unpaired) electrons. The van der Waals surface area contributed by atoms with Crippen LogP contribution in [0.25, 0.3) is 11.2 Å². The lowest BCUT2D eigenvalue weighted by Crippen LogP contribution is -2.26. The number of alkyl halides is 1. The topological polar surface area (TPSA) is 30.7 Å². The Morgan fingerprint density at radius 1 is 1.35 bits per heavy atom. The summed E-state index contributed by atoms with van der Waals surface area (Å²) in [6.45, 7) is 6.75. The summed E-state index contributed by atoms with van der Waals surface area (Å²) in [4.78, 5) is 9.31. The summed E-state index contributed by atoms with van der Waals surface area (Å²) >= 11 is 6.13.